The second-order valence-electron chi connectivity index (χ2n) is 4.48. The van der Waals surface area contributed by atoms with Crippen molar-refractivity contribution in [1.82, 2.24) is 4.90 Å². The summed E-state index contributed by atoms with van der Waals surface area (Å²) in [5.41, 5.74) is 0.731. The Morgan fingerprint density at radius 3 is 2.74 bits per heavy atom. The van der Waals surface area contributed by atoms with Crippen LogP contribution in [0.1, 0.15) is 36.2 Å². The lowest BCUT2D eigenvalue weighted by atomic mass is 10.1. The molecular weight excluding hydrogens is 245 g/mol. The summed E-state index contributed by atoms with van der Waals surface area (Å²) >= 11 is 0. The van der Waals surface area contributed by atoms with Gasteiger partial charge in [-0.2, -0.15) is 0 Å². The van der Waals surface area contributed by atoms with E-state index in [0.29, 0.717) is 17.5 Å². The molecule has 0 radical (unpaired) electrons. The van der Waals surface area contributed by atoms with Gasteiger partial charge in [0.05, 0.1) is 12.2 Å². The van der Waals surface area contributed by atoms with Crippen LogP contribution in [0.2, 0.25) is 0 Å². The normalized spacial score (nSPS) is 10.0. The summed E-state index contributed by atoms with van der Waals surface area (Å²) in [5, 5.41) is 8.69. The first-order valence-electron chi connectivity index (χ1n) is 6.13. The van der Waals surface area contributed by atoms with Gasteiger partial charge in [-0.25, -0.2) is 4.39 Å². The van der Waals surface area contributed by atoms with Gasteiger partial charge in [0, 0.05) is 25.1 Å². The van der Waals surface area contributed by atoms with Gasteiger partial charge >= 0.3 is 0 Å². The molecule has 0 aromatic heterocycles. The quantitative estimate of drug-likeness (QED) is 0.848. The lowest BCUT2D eigenvalue weighted by molar-refractivity contribution is 0.0754. The van der Waals surface area contributed by atoms with Crippen molar-refractivity contribution < 1.29 is 14.3 Å². The summed E-state index contributed by atoms with van der Waals surface area (Å²) in [6.45, 7) is 3.74. The fourth-order valence-corrected chi connectivity index (χ4v) is 1.44. The maximum absolute atomic E-state index is 13.2. The van der Waals surface area contributed by atoms with E-state index in [2.05, 4.69) is 11.8 Å². The number of aliphatic hydroxyl groups is 1. The summed E-state index contributed by atoms with van der Waals surface area (Å²) in [4.78, 5) is 13.8. The Labute approximate surface area is 113 Å². The number of hydrogen-bond donors (Lipinski definition) is 1. The molecule has 1 aromatic carbocycles. The molecule has 0 aliphatic heterocycles. The van der Waals surface area contributed by atoms with Gasteiger partial charge in [-0.05, 0) is 32.0 Å². The zero-order chi connectivity index (χ0) is 14.4. The molecule has 1 rings (SSSR count). The SMILES string of the molecule is CC(C)N(C)C(=O)c1ccc(F)cc1C#CCCO. The van der Waals surface area contributed by atoms with E-state index in [4.69, 9.17) is 5.11 Å². The molecule has 1 N–H and O–H groups in total. The monoisotopic (exact) mass is 263 g/mol. The van der Waals surface area contributed by atoms with Crippen LogP contribution in [-0.2, 0) is 0 Å². The fourth-order valence-electron chi connectivity index (χ4n) is 1.44. The first-order valence-corrected chi connectivity index (χ1v) is 6.13. The second-order valence-corrected chi connectivity index (χ2v) is 4.48. The summed E-state index contributed by atoms with van der Waals surface area (Å²) in [7, 11) is 1.70. The van der Waals surface area contributed by atoms with Gasteiger partial charge < -0.3 is 10.0 Å². The highest BCUT2D eigenvalue weighted by molar-refractivity contribution is 5.96. The number of carbonyl (C=O) groups excluding carboxylic acids is 1. The largest absolute Gasteiger partial charge is 0.395 e. The molecular formula is C15H18FNO2. The topological polar surface area (TPSA) is 40.5 Å². The minimum Gasteiger partial charge on any atom is -0.395 e. The van der Waals surface area contributed by atoms with E-state index < -0.39 is 5.82 Å². The number of amides is 1. The standard InChI is InChI=1S/C15H18FNO2/c1-11(2)17(3)15(19)14-8-7-13(16)10-12(14)6-4-5-9-18/h7-8,10-11,18H,5,9H2,1-3H3. The molecule has 0 atom stereocenters. The van der Waals surface area contributed by atoms with E-state index >= 15 is 0 Å². The molecule has 102 valence electrons. The Kier molecular flexibility index (Phi) is 5.53. The average Bonchev–Trinajstić information content (AvgIpc) is 2.37. The van der Waals surface area contributed by atoms with E-state index in [1.807, 2.05) is 13.8 Å². The van der Waals surface area contributed by atoms with Crippen LogP contribution in [0, 0.1) is 17.7 Å². The van der Waals surface area contributed by atoms with Crippen molar-refractivity contribution in [3.63, 3.8) is 0 Å². The number of rotatable bonds is 3. The molecule has 0 heterocycles. The van der Waals surface area contributed by atoms with E-state index in [9.17, 15) is 9.18 Å². The van der Waals surface area contributed by atoms with Crippen LogP contribution in [0.5, 0.6) is 0 Å². The smallest absolute Gasteiger partial charge is 0.255 e. The summed E-state index contributed by atoms with van der Waals surface area (Å²) < 4.78 is 13.2. The number of hydrogen-bond acceptors (Lipinski definition) is 2. The van der Waals surface area contributed by atoms with Crippen LogP contribution in [0.4, 0.5) is 4.39 Å². The van der Waals surface area contributed by atoms with Crippen molar-refractivity contribution in [2.24, 2.45) is 0 Å². The van der Waals surface area contributed by atoms with Crippen LogP contribution in [0.3, 0.4) is 0 Å². The van der Waals surface area contributed by atoms with Crippen LogP contribution < -0.4 is 0 Å². The van der Waals surface area contributed by atoms with Crippen LogP contribution in [0.25, 0.3) is 0 Å². The predicted octanol–water partition coefficient (Wildman–Crippen LogP) is 2.04. The van der Waals surface area contributed by atoms with Gasteiger partial charge in [0.1, 0.15) is 5.82 Å². The zero-order valence-electron chi connectivity index (χ0n) is 11.4. The van der Waals surface area contributed by atoms with E-state index in [-0.39, 0.29) is 18.6 Å². The van der Waals surface area contributed by atoms with Crippen LogP contribution in [-0.4, -0.2) is 35.6 Å². The molecule has 0 spiro atoms. The van der Waals surface area contributed by atoms with Crippen molar-refractivity contribution in [2.75, 3.05) is 13.7 Å². The van der Waals surface area contributed by atoms with Crippen molar-refractivity contribution in [2.45, 2.75) is 26.3 Å². The molecule has 0 bridgehead atoms. The van der Waals surface area contributed by atoms with E-state index in [0.717, 1.165) is 0 Å². The van der Waals surface area contributed by atoms with Crippen LogP contribution in [0.15, 0.2) is 18.2 Å². The third-order valence-corrected chi connectivity index (χ3v) is 2.77. The highest BCUT2D eigenvalue weighted by atomic mass is 19.1. The number of aliphatic hydroxyl groups excluding tert-OH is 1. The number of nitrogens with zero attached hydrogens (tertiary/aromatic N) is 1. The number of carbonyl (C=O) groups is 1. The first-order chi connectivity index (χ1) is 8.97. The lowest BCUT2D eigenvalue weighted by Crippen LogP contribution is -2.33. The highest BCUT2D eigenvalue weighted by Gasteiger charge is 2.17. The Morgan fingerprint density at radius 2 is 2.16 bits per heavy atom. The van der Waals surface area contributed by atoms with Crippen molar-refractivity contribution in [1.29, 1.82) is 0 Å². The van der Waals surface area contributed by atoms with Gasteiger partial charge in [0.15, 0.2) is 0 Å². The average molecular weight is 263 g/mol. The maximum Gasteiger partial charge on any atom is 0.255 e. The van der Waals surface area contributed by atoms with Crippen LogP contribution >= 0.6 is 0 Å². The molecule has 19 heavy (non-hydrogen) atoms. The molecule has 4 heteroatoms. The van der Waals surface area contributed by atoms with Gasteiger partial charge in [0.25, 0.3) is 5.91 Å². The molecule has 1 aromatic rings. The predicted molar refractivity (Wildman–Crippen MR) is 72.2 cm³/mol. The first kappa shape index (κ1) is 15.2. The molecule has 0 saturated heterocycles. The van der Waals surface area contributed by atoms with Crippen molar-refractivity contribution in [3.8, 4) is 11.8 Å². The summed E-state index contributed by atoms with van der Waals surface area (Å²) in [6, 6.07) is 3.99. The lowest BCUT2D eigenvalue weighted by Gasteiger charge is -2.22. The molecule has 0 aliphatic rings. The molecule has 0 fully saturated rings. The fraction of sp³-hybridized carbons (Fsp3) is 0.400. The van der Waals surface area contributed by atoms with Gasteiger partial charge in [-0.3, -0.25) is 4.79 Å². The minimum atomic E-state index is -0.433. The number of halogens is 1. The summed E-state index contributed by atoms with van der Waals surface area (Å²) in [5.74, 6) is 4.81. The van der Waals surface area contributed by atoms with Gasteiger partial charge in [-0.15, -0.1) is 0 Å². The molecule has 0 unspecified atom stereocenters. The van der Waals surface area contributed by atoms with Gasteiger partial charge in [0.2, 0.25) is 0 Å². The maximum atomic E-state index is 13.2. The Bertz CT molecular complexity index is 515. The summed E-state index contributed by atoms with van der Waals surface area (Å²) in [6.07, 6.45) is 0.296. The van der Waals surface area contributed by atoms with Crippen molar-refractivity contribution in [3.05, 3.63) is 35.1 Å². The third-order valence-electron chi connectivity index (χ3n) is 2.77. The Hall–Kier alpha value is -1.86. The second kappa shape index (κ2) is 6.91. The Morgan fingerprint density at radius 1 is 1.47 bits per heavy atom. The third kappa shape index (κ3) is 4.08. The highest BCUT2D eigenvalue weighted by Crippen LogP contribution is 2.14. The van der Waals surface area contributed by atoms with E-state index in [1.54, 1.807) is 11.9 Å². The Balaban J connectivity index is 3.14. The number of benzene rings is 1. The van der Waals surface area contributed by atoms with E-state index in [1.165, 1.54) is 18.2 Å². The van der Waals surface area contributed by atoms with Gasteiger partial charge in [-0.1, -0.05) is 11.8 Å². The minimum absolute atomic E-state index is 0.0517. The zero-order valence-corrected chi connectivity index (χ0v) is 11.4. The molecule has 0 aliphatic carbocycles. The van der Waals surface area contributed by atoms with Crippen molar-refractivity contribution >= 4 is 5.91 Å². The molecule has 1 amide bonds. The molecule has 0 saturated carbocycles. The molecule has 3 nitrogen and oxygen atoms in total.